The number of rotatable bonds is 4. The van der Waals surface area contributed by atoms with Gasteiger partial charge >= 0.3 is 0 Å². The summed E-state index contributed by atoms with van der Waals surface area (Å²) in [5.74, 6) is -0.761. The molecule has 106 valence electrons. The van der Waals surface area contributed by atoms with Crippen LogP contribution in [0.5, 0.6) is 0 Å². The summed E-state index contributed by atoms with van der Waals surface area (Å²) < 4.78 is 13.6. The number of hydrogen-bond donors (Lipinski definition) is 1. The summed E-state index contributed by atoms with van der Waals surface area (Å²) in [5, 5.41) is 5.72. The number of hydrogen-bond acceptors (Lipinski definition) is 3. The summed E-state index contributed by atoms with van der Waals surface area (Å²) >= 11 is 1.57. The number of carbonyl (C=O) groups is 1. The van der Waals surface area contributed by atoms with Gasteiger partial charge in [-0.3, -0.25) is 4.79 Å². The van der Waals surface area contributed by atoms with Crippen molar-refractivity contribution in [2.75, 3.05) is 6.54 Å². The molecule has 0 unspecified atom stereocenters. The average molecular weight is 292 g/mol. The van der Waals surface area contributed by atoms with Crippen LogP contribution in [0, 0.1) is 19.7 Å². The number of halogens is 1. The van der Waals surface area contributed by atoms with Crippen molar-refractivity contribution >= 4 is 17.2 Å². The van der Waals surface area contributed by atoms with E-state index in [-0.39, 0.29) is 17.4 Å². The summed E-state index contributed by atoms with van der Waals surface area (Å²) in [6.45, 7) is 6.20. The molecule has 0 bridgehead atoms. The molecule has 0 fully saturated rings. The van der Waals surface area contributed by atoms with Crippen molar-refractivity contribution in [3.05, 3.63) is 51.2 Å². The Bertz CT molecular complexity index is 624. The van der Waals surface area contributed by atoms with Gasteiger partial charge in [0.25, 0.3) is 5.91 Å². The predicted molar refractivity (Wildman–Crippen MR) is 78.7 cm³/mol. The maximum atomic E-state index is 13.6. The van der Waals surface area contributed by atoms with Crippen LogP contribution in [0.4, 0.5) is 4.39 Å². The first-order valence-corrected chi connectivity index (χ1v) is 7.31. The first kappa shape index (κ1) is 14.7. The summed E-state index contributed by atoms with van der Waals surface area (Å²) in [6.07, 6.45) is 0. The highest BCUT2D eigenvalue weighted by atomic mass is 32.1. The second kappa shape index (κ2) is 6.13. The summed E-state index contributed by atoms with van der Waals surface area (Å²) in [4.78, 5) is 16.4. The average Bonchev–Trinajstić information content (AvgIpc) is 2.85. The fraction of sp³-hybridized carbons (Fsp3) is 0.333. The van der Waals surface area contributed by atoms with Crippen molar-refractivity contribution in [2.24, 2.45) is 0 Å². The normalized spacial score (nSPS) is 12.2. The minimum absolute atomic E-state index is 0.0903. The van der Waals surface area contributed by atoms with E-state index in [0.29, 0.717) is 6.54 Å². The molecule has 1 N–H and O–H groups in total. The van der Waals surface area contributed by atoms with Crippen LogP contribution in [-0.2, 0) is 0 Å². The molecule has 5 heteroatoms. The number of aryl methyl sites for hydroxylation is 2. The minimum atomic E-state index is -0.495. The molecule has 3 nitrogen and oxygen atoms in total. The number of amides is 1. The molecule has 0 spiro atoms. The molecule has 0 radical (unpaired) electrons. The predicted octanol–water partition coefficient (Wildman–Crippen LogP) is 3.43. The zero-order valence-corrected chi connectivity index (χ0v) is 12.6. The maximum Gasteiger partial charge on any atom is 0.254 e. The van der Waals surface area contributed by atoms with Crippen LogP contribution in [0.25, 0.3) is 0 Å². The Morgan fingerprint density at radius 2 is 2.20 bits per heavy atom. The van der Waals surface area contributed by atoms with Gasteiger partial charge in [0.05, 0.1) is 10.6 Å². The first-order valence-electron chi connectivity index (χ1n) is 6.43. The number of aromatic nitrogens is 1. The Balaban J connectivity index is 2.00. The van der Waals surface area contributed by atoms with Gasteiger partial charge in [0.2, 0.25) is 0 Å². The number of carbonyl (C=O) groups excluding carboxylic acids is 1. The number of nitrogens with one attached hydrogen (secondary N) is 1. The van der Waals surface area contributed by atoms with Crippen LogP contribution in [0.15, 0.2) is 23.6 Å². The van der Waals surface area contributed by atoms with Crippen LogP contribution < -0.4 is 5.32 Å². The second-order valence-electron chi connectivity index (χ2n) is 4.92. The molecule has 2 aromatic rings. The first-order chi connectivity index (χ1) is 9.47. The highest BCUT2D eigenvalue weighted by Gasteiger charge is 2.14. The van der Waals surface area contributed by atoms with Gasteiger partial charge in [-0.1, -0.05) is 18.6 Å². The van der Waals surface area contributed by atoms with Gasteiger partial charge in [-0.05, 0) is 26.0 Å². The molecule has 0 saturated heterocycles. The van der Waals surface area contributed by atoms with Crippen LogP contribution >= 0.6 is 11.3 Å². The smallest absolute Gasteiger partial charge is 0.254 e. The van der Waals surface area contributed by atoms with Gasteiger partial charge in [0.1, 0.15) is 5.82 Å². The van der Waals surface area contributed by atoms with E-state index in [4.69, 9.17) is 0 Å². The number of thiazole rings is 1. The van der Waals surface area contributed by atoms with Gasteiger partial charge in [-0.15, -0.1) is 11.3 Å². The molecule has 20 heavy (non-hydrogen) atoms. The van der Waals surface area contributed by atoms with Crippen molar-refractivity contribution in [1.29, 1.82) is 0 Å². The third-order valence-corrected chi connectivity index (χ3v) is 4.19. The largest absolute Gasteiger partial charge is 0.351 e. The van der Waals surface area contributed by atoms with Crippen molar-refractivity contribution in [3.63, 3.8) is 0 Å². The lowest BCUT2D eigenvalue weighted by atomic mass is 10.1. The van der Waals surface area contributed by atoms with Crippen LogP contribution in [0.2, 0.25) is 0 Å². The Hall–Kier alpha value is -1.75. The zero-order chi connectivity index (χ0) is 14.7. The van der Waals surface area contributed by atoms with Crippen LogP contribution in [0.1, 0.15) is 39.5 Å². The van der Waals surface area contributed by atoms with Gasteiger partial charge in [-0.25, -0.2) is 9.37 Å². The third kappa shape index (κ3) is 3.42. The van der Waals surface area contributed by atoms with Gasteiger partial charge in [0.15, 0.2) is 0 Å². The molecule has 2 rings (SSSR count). The summed E-state index contributed by atoms with van der Waals surface area (Å²) in [6, 6.07) is 4.52. The molecule has 1 aromatic heterocycles. The van der Waals surface area contributed by atoms with E-state index in [1.807, 2.05) is 26.2 Å². The molecule has 1 atom stereocenters. The Morgan fingerprint density at radius 3 is 2.85 bits per heavy atom. The fourth-order valence-corrected chi connectivity index (χ4v) is 2.70. The molecular weight excluding hydrogens is 275 g/mol. The van der Waals surface area contributed by atoms with Crippen molar-refractivity contribution < 1.29 is 9.18 Å². The fourth-order valence-electron chi connectivity index (χ4n) is 1.84. The summed E-state index contributed by atoms with van der Waals surface area (Å²) in [7, 11) is 0. The lowest BCUT2D eigenvalue weighted by molar-refractivity contribution is 0.0947. The Labute approximate surface area is 121 Å². The van der Waals surface area contributed by atoms with E-state index in [1.165, 1.54) is 6.07 Å². The molecule has 0 aliphatic rings. The molecule has 0 saturated carbocycles. The highest BCUT2D eigenvalue weighted by Crippen LogP contribution is 2.19. The molecule has 1 aromatic carbocycles. The van der Waals surface area contributed by atoms with E-state index in [0.717, 1.165) is 16.3 Å². The number of benzene rings is 1. The summed E-state index contributed by atoms with van der Waals surface area (Å²) in [5.41, 5.74) is 1.93. The van der Waals surface area contributed by atoms with Gasteiger partial charge < -0.3 is 5.32 Å². The maximum absolute atomic E-state index is 13.6. The van der Waals surface area contributed by atoms with Gasteiger partial charge in [0, 0.05) is 23.5 Å². The van der Waals surface area contributed by atoms with E-state index in [1.54, 1.807) is 23.5 Å². The number of nitrogens with zero attached hydrogens (tertiary/aromatic N) is 1. The minimum Gasteiger partial charge on any atom is -0.351 e. The SMILES string of the molecule is Cc1ccc(F)c(C(=O)NC[C@H](C)c2nc(C)cs2)c1. The highest BCUT2D eigenvalue weighted by molar-refractivity contribution is 7.09. The van der Waals surface area contributed by atoms with Crippen molar-refractivity contribution in [1.82, 2.24) is 10.3 Å². The van der Waals surface area contributed by atoms with Gasteiger partial charge in [-0.2, -0.15) is 0 Å². The Morgan fingerprint density at radius 1 is 1.45 bits per heavy atom. The second-order valence-corrected chi connectivity index (χ2v) is 5.81. The van der Waals surface area contributed by atoms with E-state index in [2.05, 4.69) is 10.3 Å². The monoisotopic (exact) mass is 292 g/mol. The lowest BCUT2D eigenvalue weighted by Gasteiger charge is -2.11. The van der Waals surface area contributed by atoms with Crippen LogP contribution in [-0.4, -0.2) is 17.4 Å². The van der Waals surface area contributed by atoms with E-state index in [9.17, 15) is 9.18 Å². The van der Waals surface area contributed by atoms with Crippen molar-refractivity contribution in [2.45, 2.75) is 26.7 Å². The standard InChI is InChI=1S/C15H17FN2OS/c1-9-4-5-13(16)12(6-9)14(19)17-7-10(2)15-18-11(3)8-20-15/h4-6,8,10H,7H2,1-3H3,(H,17,19)/t10-/m0/s1. The van der Waals surface area contributed by atoms with E-state index < -0.39 is 5.82 Å². The third-order valence-electron chi connectivity index (χ3n) is 2.99. The van der Waals surface area contributed by atoms with E-state index >= 15 is 0 Å². The zero-order valence-electron chi connectivity index (χ0n) is 11.7. The molecule has 0 aliphatic carbocycles. The molecule has 0 aliphatic heterocycles. The lowest BCUT2D eigenvalue weighted by Crippen LogP contribution is -2.28. The molecular formula is C15H17FN2OS. The Kier molecular flexibility index (Phi) is 4.49. The molecule has 1 amide bonds. The quantitative estimate of drug-likeness (QED) is 0.938. The molecule has 1 heterocycles. The topological polar surface area (TPSA) is 42.0 Å². The van der Waals surface area contributed by atoms with Crippen molar-refractivity contribution in [3.8, 4) is 0 Å². The van der Waals surface area contributed by atoms with Crippen LogP contribution in [0.3, 0.4) is 0 Å².